The van der Waals surface area contributed by atoms with E-state index >= 15 is 0 Å². The van der Waals surface area contributed by atoms with Crippen LogP contribution in [-0.4, -0.2) is 22.8 Å². The molecule has 0 aliphatic carbocycles. The molecule has 114 valence electrons. The van der Waals surface area contributed by atoms with Gasteiger partial charge >= 0.3 is 0 Å². The van der Waals surface area contributed by atoms with Crippen LogP contribution in [0.2, 0.25) is 0 Å². The van der Waals surface area contributed by atoms with Gasteiger partial charge in [-0.15, -0.1) is 11.3 Å². The van der Waals surface area contributed by atoms with Crippen LogP contribution in [0.3, 0.4) is 0 Å². The van der Waals surface area contributed by atoms with E-state index in [1.165, 1.54) is 0 Å². The predicted octanol–water partition coefficient (Wildman–Crippen LogP) is 3.47. The zero-order valence-electron chi connectivity index (χ0n) is 12.7. The summed E-state index contributed by atoms with van der Waals surface area (Å²) in [6, 6.07) is 10.1. The van der Waals surface area contributed by atoms with Gasteiger partial charge in [-0.3, -0.25) is 9.36 Å². The van der Waals surface area contributed by atoms with Gasteiger partial charge in [0, 0.05) is 11.5 Å². The molecule has 3 aromatic rings. The summed E-state index contributed by atoms with van der Waals surface area (Å²) in [7, 11) is 0. The average Bonchev–Trinajstić information content (AvgIpc) is 2.88. The Morgan fingerprint density at radius 3 is 2.77 bits per heavy atom. The number of aryl methyl sites for hydroxylation is 1. The van der Waals surface area contributed by atoms with Crippen molar-refractivity contribution >= 4 is 21.6 Å². The zero-order valence-corrected chi connectivity index (χ0v) is 13.5. The van der Waals surface area contributed by atoms with Crippen LogP contribution in [0.15, 0.2) is 41.5 Å². The number of ether oxygens (including phenoxy) is 1. The highest BCUT2D eigenvalue weighted by Gasteiger charge is 2.15. The topological polar surface area (TPSA) is 44.1 Å². The van der Waals surface area contributed by atoms with Gasteiger partial charge in [-0.05, 0) is 25.0 Å². The smallest absolute Gasteiger partial charge is 0.262 e. The molecule has 2 heterocycles. The van der Waals surface area contributed by atoms with Crippen molar-refractivity contribution in [1.82, 2.24) is 9.55 Å². The molecule has 0 unspecified atom stereocenters. The van der Waals surface area contributed by atoms with Gasteiger partial charge in [-0.2, -0.15) is 0 Å². The van der Waals surface area contributed by atoms with Crippen molar-refractivity contribution in [3.8, 4) is 10.4 Å². The summed E-state index contributed by atoms with van der Waals surface area (Å²) in [5, 5.41) is 0.725. The molecule has 0 bridgehead atoms. The number of thiophene rings is 1. The van der Waals surface area contributed by atoms with Gasteiger partial charge in [0.1, 0.15) is 4.83 Å². The molecular weight excluding hydrogens is 296 g/mol. The fraction of sp³-hybridized carbons (Fsp3) is 0.294. The first-order valence-electron chi connectivity index (χ1n) is 7.34. The van der Waals surface area contributed by atoms with Crippen molar-refractivity contribution in [1.29, 1.82) is 0 Å². The lowest BCUT2D eigenvalue weighted by Gasteiger charge is -2.05. The summed E-state index contributed by atoms with van der Waals surface area (Å²) in [5.41, 5.74) is 2.15. The van der Waals surface area contributed by atoms with Crippen LogP contribution in [0.1, 0.15) is 12.5 Å². The highest BCUT2D eigenvalue weighted by molar-refractivity contribution is 7.22. The molecule has 0 fully saturated rings. The summed E-state index contributed by atoms with van der Waals surface area (Å²) in [6.07, 6.45) is 1.62. The van der Waals surface area contributed by atoms with E-state index in [-0.39, 0.29) is 5.56 Å². The number of rotatable bonds is 5. The molecule has 2 aromatic heterocycles. The Balaban J connectivity index is 2.07. The number of hydrogen-bond donors (Lipinski definition) is 0. The van der Waals surface area contributed by atoms with E-state index in [2.05, 4.69) is 17.1 Å². The lowest BCUT2D eigenvalue weighted by molar-refractivity contribution is 0.138. The van der Waals surface area contributed by atoms with Crippen LogP contribution in [0.5, 0.6) is 0 Å². The van der Waals surface area contributed by atoms with Crippen LogP contribution in [-0.2, 0) is 11.3 Å². The molecule has 0 aliphatic rings. The standard InChI is InChI=1S/C17H18N2O2S/c1-3-21-10-9-19-11-18-16-14(17(19)20)12(2)15(22-16)13-7-5-4-6-8-13/h4-8,11H,3,9-10H2,1-2H3. The molecular formula is C17H18N2O2S. The van der Waals surface area contributed by atoms with Crippen LogP contribution in [0.25, 0.3) is 20.7 Å². The minimum absolute atomic E-state index is 0.0145. The summed E-state index contributed by atoms with van der Waals surface area (Å²) < 4.78 is 6.96. The third-order valence-electron chi connectivity index (χ3n) is 3.63. The molecule has 3 rings (SSSR count). The maximum absolute atomic E-state index is 12.7. The fourth-order valence-corrected chi connectivity index (χ4v) is 3.64. The summed E-state index contributed by atoms with van der Waals surface area (Å²) in [4.78, 5) is 19.0. The van der Waals surface area contributed by atoms with Crippen molar-refractivity contribution in [2.45, 2.75) is 20.4 Å². The summed E-state index contributed by atoms with van der Waals surface area (Å²) in [5.74, 6) is 0. The summed E-state index contributed by atoms with van der Waals surface area (Å²) in [6.45, 7) is 5.65. The van der Waals surface area contributed by atoms with Crippen molar-refractivity contribution in [2.24, 2.45) is 0 Å². The molecule has 0 atom stereocenters. The maximum atomic E-state index is 12.7. The van der Waals surface area contributed by atoms with Crippen LogP contribution in [0, 0.1) is 6.92 Å². The Morgan fingerprint density at radius 2 is 2.05 bits per heavy atom. The molecule has 0 aliphatic heterocycles. The molecule has 5 heteroatoms. The first kappa shape index (κ1) is 14.9. The van der Waals surface area contributed by atoms with Gasteiger partial charge in [0.05, 0.1) is 24.9 Å². The van der Waals surface area contributed by atoms with Gasteiger partial charge in [-0.25, -0.2) is 4.98 Å². The lowest BCUT2D eigenvalue weighted by atomic mass is 10.1. The first-order valence-corrected chi connectivity index (χ1v) is 8.15. The van der Waals surface area contributed by atoms with Crippen molar-refractivity contribution in [3.63, 3.8) is 0 Å². The van der Waals surface area contributed by atoms with Gasteiger partial charge < -0.3 is 4.74 Å². The number of benzene rings is 1. The van der Waals surface area contributed by atoms with Crippen LogP contribution < -0.4 is 5.56 Å². The molecule has 0 saturated carbocycles. The number of nitrogens with zero attached hydrogens (tertiary/aromatic N) is 2. The van der Waals surface area contributed by atoms with E-state index < -0.39 is 0 Å². The second-order valence-electron chi connectivity index (χ2n) is 5.04. The van der Waals surface area contributed by atoms with E-state index in [4.69, 9.17) is 4.74 Å². The minimum Gasteiger partial charge on any atom is -0.380 e. The first-order chi connectivity index (χ1) is 10.7. The van der Waals surface area contributed by atoms with Crippen molar-refractivity contribution < 1.29 is 4.74 Å². The molecule has 0 N–H and O–H groups in total. The normalized spacial score (nSPS) is 11.2. The Bertz CT molecular complexity index is 837. The summed E-state index contributed by atoms with van der Waals surface area (Å²) >= 11 is 1.57. The Kier molecular flexibility index (Phi) is 4.36. The third kappa shape index (κ3) is 2.69. The zero-order chi connectivity index (χ0) is 15.5. The number of aromatic nitrogens is 2. The minimum atomic E-state index is 0.0145. The largest absolute Gasteiger partial charge is 0.380 e. The van der Waals surface area contributed by atoms with Gasteiger partial charge in [0.15, 0.2) is 0 Å². The predicted molar refractivity (Wildman–Crippen MR) is 90.5 cm³/mol. The van der Waals surface area contributed by atoms with Gasteiger partial charge in [0.25, 0.3) is 5.56 Å². The van der Waals surface area contributed by atoms with Crippen molar-refractivity contribution in [2.75, 3.05) is 13.2 Å². The van der Waals surface area contributed by atoms with Crippen LogP contribution in [0.4, 0.5) is 0 Å². The van der Waals surface area contributed by atoms with Gasteiger partial charge in [-0.1, -0.05) is 30.3 Å². The molecule has 0 saturated heterocycles. The SMILES string of the molecule is CCOCCn1cnc2sc(-c3ccccc3)c(C)c2c1=O. The second-order valence-corrected chi connectivity index (χ2v) is 6.04. The molecule has 1 aromatic carbocycles. The maximum Gasteiger partial charge on any atom is 0.262 e. The highest BCUT2D eigenvalue weighted by Crippen LogP contribution is 2.35. The van der Waals surface area contributed by atoms with E-state index in [1.807, 2.05) is 32.0 Å². The van der Waals surface area contributed by atoms with E-state index in [0.29, 0.717) is 19.8 Å². The van der Waals surface area contributed by atoms with Crippen LogP contribution >= 0.6 is 11.3 Å². The Labute approximate surface area is 133 Å². The second kappa shape index (κ2) is 6.42. The Morgan fingerprint density at radius 1 is 1.27 bits per heavy atom. The molecule has 0 spiro atoms. The third-order valence-corrected chi connectivity index (χ3v) is 4.88. The quantitative estimate of drug-likeness (QED) is 0.677. The fourth-order valence-electron chi connectivity index (χ4n) is 2.49. The van der Waals surface area contributed by atoms with E-state index in [9.17, 15) is 4.79 Å². The number of fused-ring (bicyclic) bond motifs is 1. The average molecular weight is 314 g/mol. The Hall–Kier alpha value is -1.98. The monoisotopic (exact) mass is 314 g/mol. The van der Waals surface area contributed by atoms with Gasteiger partial charge in [0.2, 0.25) is 0 Å². The van der Waals surface area contributed by atoms with E-state index in [1.54, 1.807) is 22.2 Å². The molecule has 0 amide bonds. The highest BCUT2D eigenvalue weighted by atomic mass is 32.1. The van der Waals surface area contributed by atoms with E-state index in [0.717, 1.165) is 26.2 Å². The van der Waals surface area contributed by atoms with Crippen molar-refractivity contribution in [3.05, 3.63) is 52.6 Å². The molecule has 0 radical (unpaired) electrons. The molecule has 4 nitrogen and oxygen atoms in total. The molecule has 22 heavy (non-hydrogen) atoms. The lowest BCUT2D eigenvalue weighted by Crippen LogP contribution is -2.22. The number of hydrogen-bond acceptors (Lipinski definition) is 4.